The Morgan fingerprint density at radius 3 is 2.59 bits per heavy atom. The lowest BCUT2D eigenvalue weighted by molar-refractivity contribution is 0.0983. The van der Waals surface area contributed by atoms with Gasteiger partial charge in [-0.05, 0) is 30.4 Å². The van der Waals surface area contributed by atoms with E-state index in [1.807, 2.05) is 13.0 Å². The van der Waals surface area contributed by atoms with E-state index in [9.17, 15) is 4.79 Å². The molecule has 0 N–H and O–H groups in total. The second kappa shape index (κ2) is 4.17. The molecule has 0 aliphatic carbocycles. The lowest BCUT2D eigenvalue weighted by Gasteiger charge is -2.24. The van der Waals surface area contributed by atoms with Gasteiger partial charge in [0, 0.05) is 12.0 Å². The third kappa shape index (κ3) is 2.36. The van der Waals surface area contributed by atoms with Crippen molar-refractivity contribution in [2.24, 2.45) is 0 Å². The molecule has 1 aliphatic rings. The second-order valence-corrected chi connectivity index (χ2v) is 5.81. The molecule has 0 saturated carbocycles. The minimum atomic E-state index is 0.000718. The number of ether oxygens (including phenoxy) is 1. The van der Waals surface area contributed by atoms with Gasteiger partial charge in [-0.15, -0.1) is 0 Å². The van der Waals surface area contributed by atoms with Crippen LogP contribution in [0.3, 0.4) is 0 Å². The molecule has 0 spiro atoms. The molecule has 1 aromatic carbocycles. The Kier molecular flexibility index (Phi) is 2.98. The van der Waals surface area contributed by atoms with E-state index in [1.54, 1.807) is 0 Å². The van der Waals surface area contributed by atoms with Gasteiger partial charge in [0.05, 0.1) is 12.2 Å². The Hall–Kier alpha value is -1.31. The average molecular weight is 232 g/mol. The SMILES string of the molecule is Cc1cc2c(c(C(C)(C)C)c1)OCCCC2=O. The lowest BCUT2D eigenvalue weighted by atomic mass is 9.83. The molecule has 0 unspecified atom stereocenters. The third-order valence-electron chi connectivity index (χ3n) is 3.14. The molecule has 0 atom stereocenters. The van der Waals surface area contributed by atoms with Gasteiger partial charge in [-0.25, -0.2) is 0 Å². The maximum atomic E-state index is 12.1. The lowest BCUT2D eigenvalue weighted by Crippen LogP contribution is -2.15. The normalized spacial score (nSPS) is 16.1. The summed E-state index contributed by atoms with van der Waals surface area (Å²) < 4.78 is 5.81. The molecule has 17 heavy (non-hydrogen) atoms. The van der Waals surface area contributed by atoms with Gasteiger partial charge >= 0.3 is 0 Å². The van der Waals surface area contributed by atoms with Crippen molar-refractivity contribution in [2.75, 3.05) is 6.61 Å². The Balaban J connectivity index is 2.65. The summed E-state index contributed by atoms with van der Waals surface area (Å²) >= 11 is 0. The molecule has 0 radical (unpaired) electrons. The first-order valence-corrected chi connectivity index (χ1v) is 6.21. The predicted molar refractivity (Wildman–Crippen MR) is 68.9 cm³/mol. The van der Waals surface area contributed by atoms with Gasteiger partial charge in [0.25, 0.3) is 0 Å². The molecule has 0 fully saturated rings. The maximum Gasteiger partial charge on any atom is 0.166 e. The molecule has 2 heteroatoms. The number of carbonyl (C=O) groups is 1. The van der Waals surface area contributed by atoms with Crippen LogP contribution in [0.2, 0.25) is 0 Å². The summed E-state index contributed by atoms with van der Waals surface area (Å²) in [6.45, 7) is 9.14. The van der Waals surface area contributed by atoms with Crippen LogP contribution in [0.25, 0.3) is 0 Å². The summed E-state index contributed by atoms with van der Waals surface area (Å²) in [6.07, 6.45) is 1.41. The predicted octanol–water partition coefficient (Wildman–Crippen LogP) is 3.65. The van der Waals surface area contributed by atoms with Gasteiger partial charge in [0.2, 0.25) is 0 Å². The molecule has 0 bridgehead atoms. The smallest absolute Gasteiger partial charge is 0.166 e. The van der Waals surface area contributed by atoms with E-state index in [1.165, 1.54) is 0 Å². The summed E-state index contributed by atoms with van der Waals surface area (Å²) in [5.41, 5.74) is 3.04. The summed E-state index contributed by atoms with van der Waals surface area (Å²) in [7, 11) is 0. The minimum Gasteiger partial charge on any atom is -0.493 e. The summed E-state index contributed by atoms with van der Waals surface area (Å²) in [5, 5.41) is 0. The number of hydrogen-bond donors (Lipinski definition) is 0. The van der Waals surface area contributed by atoms with E-state index in [4.69, 9.17) is 4.74 Å². The molecule has 1 aromatic rings. The highest BCUT2D eigenvalue weighted by Crippen LogP contribution is 2.37. The van der Waals surface area contributed by atoms with Crippen LogP contribution in [0.4, 0.5) is 0 Å². The van der Waals surface area contributed by atoms with Crippen molar-refractivity contribution in [3.8, 4) is 5.75 Å². The van der Waals surface area contributed by atoms with Crippen LogP contribution in [-0.4, -0.2) is 12.4 Å². The molecule has 1 aliphatic heterocycles. The zero-order valence-electron chi connectivity index (χ0n) is 11.1. The van der Waals surface area contributed by atoms with Crippen LogP contribution in [-0.2, 0) is 5.41 Å². The summed E-state index contributed by atoms with van der Waals surface area (Å²) in [4.78, 5) is 12.1. The van der Waals surface area contributed by atoms with Crippen LogP contribution in [0.15, 0.2) is 12.1 Å². The van der Waals surface area contributed by atoms with Crippen LogP contribution < -0.4 is 4.74 Å². The summed E-state index contributed by atoms with van der Waals surface area (Å²) in [6, 6.07) is 4.09. The third-order valence-corrected chi connectivity index (χ3v) is 3.14. The van der Waals surface area contributed by atoms with Gasteiger partial charge in [-0.1, -0.05) is 26.8 Å². The van der Waals surface area contributed by atoms with Gasteiger partial charge in [0.15, 0.2) is 5.78 Å². The van der Waals surface area contributed by atoms with Gasteiger partial charge in [-0.3, -0.25) is 4.79 Å². The van der Waals surface area contributed by atoms with Crippen LogP contribution in [0.1, 0.15) is 55.1 Å². The maximum absolute atomic E-state index is 12.1. The zero-order chi connectivity index (χ0) is 12.6. The first kappa shape index (κ1) is 12.2. The number of carbonyl (C=O) groups excluding carboxylic acids is 1. The molecule has 2 nitrogen and oxygen atoms in total. The highest BCUT2D eigenvalue weighted by atomic mass is 16.5. The van der Waals surface area contributed by atoms with E-state index in [0.29, 0.717) is 13.0 Å². The number of fused-ring (bicyclic) bond motifs is 1. The topological polar surface area (TPSA) is 26.3 Å². The minimum absolute atomic E-state index is 0.000718. The van der Waals surface area contributed by atoms with Crippen molar-refractivity contribution in [2.45, 2.75) is 46.0 Å². The van der Waals surface area contributed by atoms with Gasteiger partial charge in [0.1, 0.15) is 5.75 Å². The van der Waals surface area contributed by atoms with Crippen molar-refractivity contribution < 1.29 is 9.53 Å². The molecule has 1 heterocycles. The Morgan fingerprint density at radius 1 is 1.24 bits per heavy atom. The van der Waals surface area contributed by atoms with Gasteiger partial charge < -0.3 is 4.74 Å². The van der Waals surface area contributed by atoms with E-state index in [2.05, 4.69) is 26.8 Å². The van der Waals surface area contributed by atoms with Crippen LogP contribution in [0.5, 0.6) is 5.75 Å². The Labute approximate surface area is 103 Å². The monoisotopic (exact) mass is 232 g/mol. The number of ketones is 1. The number of hydrogen-bond acceptors (Lipinski definition) is 2. The highest BCUT2D eigenvalue weighted by molar-refractivity contribution is 5.99. The highest BCUT2D eigenvalue weighted by Gasteiger charge is 2.26. The molecule has 92 valence electrons. The van der Waals surface area contributed by atoms with Crippen molar-refractivity contribution in [3.05, 3.63) is 28.8 Å². The number of benzene rings is 1. The van der Waals surface area contributed by atoms with Gasteiger partial charge in [-0.2, -0.15) is 0 Å². The summed E-state index contributed by atoms with van der Waals surface area (Å²) in [5.74, 6) is 1.03. The fraction of sp³-hybridized carbons (Fsp3) is 0.533. The standard InChI is InChI=1S/C15H20O2/c1-10-8-11-13(16)6-5-7-17-14(11)12(9-10)15(2,3)4/h8-9H,5-7H2,1-4H3. The largest absolute Gasteiger partial charge is 0.493 e. The quantitative estimate of drug-likeness (QED) is 0.682. The van der Waals surface area contributed by atoms with Crippen LogP contribution >= 0.6 is 0 Å². The van der Waals surface area contributed by atoms with Crippen molar-refractivity contribution >= 4 is 5.78 Å². The van der Waals surface area contributed by atoms with Crippen LogP contribution in [0, 0.1) is 6.92 Å². The average Bonchev–Trinajstić information content (AvgIpc) is 2.39. The second-order valence-electron chi connectivity index (χ2n) is 5.81. The zero-order valence-corrected chi connectivity index (χ0v) is 11.1. The number of rotatable bonds is 0. The molecule has 2 rings (SSSR count). The van der Waals surface area contributed by atoms with E-state index in [0.717, 1.165) is 28.9 Å². The van der Waals surface area contributed by atoms with Crippen molar-refractivity contribution in [3.63, 3.8) is 0 Å². The fourth-order valence-corrected chi connectivity index (χ4v) is 2.23. The van der Waals surface area contributed by atoms with Crippen molar-refractivity contribution in [1.82, 2.24) is 0 Å². The van der Waals surface area contributed by atoms with E-state index >= 15 is 0 Å². The fourth-order valence-electron chi connectivity index (χ4n) is 2.23. The first-order chi connectivity index (χ1) is 7.89. The first-order valence-electron chi connectivity index (χ1n) is 6.21. The molecular weight excluding hydrogens is 212 g/mol. The molecule has 0 saturated heterocycles. The Bertz CT molecular complexity index is 453. The number of aryl methyl sites for hydroxylation is 1. The van der Waals surface area contributed by atoms with Crippen molar-refractivity contribution in [1.29, 1.82) is 0 Å². The molecular formula is C15H20O2. The molecule has 0 aromatic heterocycles. The molecule has 0 amide bonds. The Morgan fingerprint density at radius 2 is 1.94 bits per heavy atom. The van der Waals surface area contributed by atoms with E-state index in [-0.39, 0.29) is 11.2 Å². The van der Waals surface area contributed by atoms with E-state index < -0.39 is 0 Å². The number of Topliss-reactive ketones (excluding diaryl/α,β-unsaturated/α-hetero) is 1.